The average molecular weight is 283 g/mol. The Morgan fingerprint density at radius 1 is 1.00 bits per heavy atom. The molecule has 20 heavy (non-hydrogen) atoms. The number of hydrogen-bond donors (Lipinski definition) is 1. The molecule has 100 valence electrons. The van der Waals surface area contributed by atoms with E-state index in [1.807, 2.05) is 42.5 Å². The Labute approximate surface area is 123 Å². The molecule has 1 aromatic heterocycles. The van der Waals surface area contributed by atoms with Gasteiger partial charge in [0.1, 0.15) is 0 Å². The van der Waals surface area contributed by atoms with Crippen LogP contribution in [-0.2, 0) is 6.42 Å². The molecule has 0 aliphatic heterocycles. The van der Waals surface area contributed by atoms with Gasteiger partial charge >= 0.3 is 0 Å². The highest BCUT2D eigenvalue weighted by Crippen LogP contribution is 2.26. The summed E-state index contributed by atoms with van der Waals surface area (Å²) in [6.45, 7) is 0. The Morgan fingerprint density at radius 3 is 2.70 bits per heavy atom. The second kappa shape index (κ2) is 5.61. The third-order valence-corrected chi connectivity index (χ3v) is 3.85. The summed E-state index contributed by atoms with van der Waals surface area (Å²) in [4.78, 5) is 4.37. The number of nitrogens with two attached hydrogens (primary N) is 1. The molecular formula is C17H15ClN2. The maximum Gasteiger partial charge on any atom is 0.0705 e. The maximum atomic E-state index is 6.38. The molecule has 3 rings (SSSR count). The molecule has 3 aromatic rings. The van der Waals surface area contributed by atoms with Crippen LogP contribution in [0.1, 0.15) is 17.2 Å². The fourth-order valence-corrected chi connectivity index (χ4v) is 2.67. The minimum absolute atomic E-state index is 0.0946. The molecule has 3 heteroatoms. The lowest BCUT2D eigenvalue weighted by molar-refractivity contribution is 0.728. The van der Waals surface area contributed by atoms with Crippen molar-refractivity contribution in [1.82, 2.24) is 4.98 Å². The van der Waals surface area contributed by atoms with Crippen LogP contribution in [0.3, 0.4) is 0 Å². The minimum atomic E-state index is -0.0946. The number of nitrogens with zero attached hydrogens (tertiary/aromatic N) is 1. The largest absolute Gasteiger partial charge is 0.324 e. The summed E-state index contributed by atoms with van der Waals surface area (Å²) in [6, 6.07) is 17.8. The smallest absolute Gasteiger partial charge is 0.0705 e. The highest BCUT2D eigenvalue weighted by Gasteiger charge is 2.12. The molecule has 1 unspecified atom stereocenters. The number of halogens is 1. The van der Waals surface area contributed by atoms with Gasteiger partial charge in [0.05, 0.1) is 5.52 Å². The third kappa shape index (κ3) is 2.53. The van der Waals surface area contributed by atoms with E-state index in [1.165, 1.54) is 0 Å². The number of pyridine rings is 1. The molecule has 0 aliphatic rings. The monoisotopic (exact) mass is 282 g/mol. The quantitative estimate of drug-likeness (QED) is 0.784. The van der Waals surface area contributed by atoms with Crippen molar-refractivity contribution in [3.05, 3.63) is 76.9 Å². The summed E-state index contributed by atoms with van der Waals surface area (Å²) < 4.78 is 0. The molecule has 1 heterocycles. The van der Waals surface area contributed by atoms with Crippen LogP contribution >= 0.6 is 11.6 Å². The van der Waals surface area contributed by atoms with Crippen LogP contribution in [0.25, 0.3) is 10.9 Å². The van der Waals surface area contributed by atoms with Crippen molar-refractivity contribution in [3.63, 3.8) is 0 Å². The zero-order chi connectivity index (χ0) is 13.9. The second-order valence-electron chi connectivity index (χ2n) is 4.82. The topological polar surface area (TPSA) is 38.9 Å². The molecule has 0 fully saturated rings. The van der Waals surface area contributed by atoms with Gasteiger partial charge in [-0.05, 0) is 35.7 Å². The van der Waals surface area contributed by atoms with Crippen LogP contribution in [-0.4, -0.2) is 4.98 Å². The summed E-state index contributed by atoms with van der Waals surface area (Å²) in [6.07, 6.45) is 2.51. The predicted octanol–water partition coefficient (Wildman–Crippen LogP) is 4.13. The molecule has 0 radical (unpaired) electrons. The van der Waals surface area contributed by atoms with Crippen LogP contribution in [0.4, 0.5) is 0 Å². The van der Waals surface area contributed by atoms with Gasteiger partial charge in [-0.15, -0.1) is 0 Å². The predicted molar refractivity (Wildman–Crippen MR) is 83.8 cm³/mol. The third-order valence-electron chi connectivity index (χ3n) is 3.48. The number of hydrogen-bond acceptors (Lipinski definition) is 2. The molecular weight excluding hydrogens is 268 g/mol. The molecule has 0 aliphatic carbocycles. The van der Waals surface area contributed by atoms with Crippen molar-refractivity contribution in [3.8, 4) is 0 Å². The molecule has 2 N–H and O–H groups in total. The second-order valence-corrected chi connectivity index (χ2v) is 5.23. The van der Waals surface area contributed by atoms with Crippen LogP contribution < -0.4 is 5.73 Å². The Morgan fingerprint density at radius 2 is 1.85 bits per heavy atom. The molecule has 2 nitrogen and oxygen atoms in total. The summed E-state index contributed by atoms with van der Waals surface area (Å²) in [5.74, 6) is 0. The van der Waals surface area contributed by atoms with E-state index in [0.29, 0.717) is 6.42 Å². The zero-order valence-electron chi connectivity index (χ0n) is 11.0. The van der Waals surface area contributed by atoms with Crippen molar-refractivity contribution in [2.24, 2.45) is 5.73 Å². The van der Waals surface area contributed by atoms with Crippen molar-refractivity contribution in [2.45, 2.75) is 12.5 Å². The van der Waals surface area contributed by atoms with Crippen LogP contribution in [0.5, 0.6) is 0 Å². The van der Waals surface area contributed by atoms with Crippen LogP contribution in [0.15, 0.2) is 60.8 Å². The first kappa shape index (κ1) is 13.1. The van der Waals surface area contributed by atoms with Gasteiger partial charge in [-0.1, -0.05) is 48.0 Å². The summed E-state index contributed by atoms with van der Waals surface area (Å²) in [5.41, 5.74) is 9.53. The van der Waals surface area contributed by atoms with Gasteiger partial charge in [-0.3, -0.25) is 4.98 Å². The number of aromatic nitrogens is 1. The van der Waals surface area contributed by atoms with Crippen LogP contribution in [0.2, 0.25) is 5.02 Å². The first-order chi connectivity index (χ1) is 9.75. The lowest BCUT2D eigenvalue weighted by Gasteiger charge is -2.15. The summed E-state index contributed by atoms with van der Waals surface area (Å²) in [5, 5.41) is 1.87. The molecule has 2 aromatic carbocycles. The Kier molecular flexibility index (Phi) is 3.68. The van der Waals surface area contributed by atoms with Gasteiger partial charge in [-0.25, -0.2) is 0 Å². The van der Waals surface area contributed by atoms with Crippen molar-refractivity contribution in [1.29, 1.82) is 0 Å². The van der Waals surface area contributed by atoms with E-state index < -0.39 is 0 Å². The molecule has 0 amide bonds. The highest BCUT2D eigenvalue weighted by atomic mass is 35.5. The van der Waals surface area contributed by atoms with Crippen molar-refractivity contribution < 1.29 is 0 Å². The number of rotatable bonds is 3. The molecule has 0 saturated carbocycles. The standard InChI is InChI=1S/C17H15ClN2/c18-15-8-2-1-5-12(15)11-16(19)13-6-3-9-17-14(13)7-4-10-20-17/h1-10,16H,11,19H2. The average Bonchev–Trinajstić information content (AvgIpc) is 2.49. The Bertz CT molecular complexity index is 734. The normalized spacial score (nSPS) is 12.5. The summed E-state index contributed by atoms with van der Waals surface area (Å²) >= 11 is 6.21. The van der Waals surface area contributed by atoms with E-state index in [9.17, 15) is 0 Å². The Hall–Kier alpha value is -1.90. The lowest BCUT2D eigenvalue weighted by atomic mass is 9.96. The van der Waals surface area contributed by atoms with Crippen molar-refractivity contribution in [2.75, 3.05) is 0 Å². The van der Waals surface area contributed by atoms with E-state index in [2.05, 4.69) is 17.1 Å². The van der Waals surface area contributed by atoms with E-state index in [-0.39, 0.29) is 6.04 Å². The molecule has 1 atom stereocenters. The van der Waals surface area contributed by atoms with Gasteiger partial charge in [0.25, 0.3) is 0 Å². The van der Waals surface area contributed by atoms with E-state index in [4.69, 9.17) is 17.3 Å². The SMILES string of the molecule is NC(Cc1ccccc1Cl)c1cccc2ncccc12. The minimum Gasteiger partial charge on any atom is -0.324 e. The van der Waals surface area contributed by atoms with Gasteiger partial charge < -0.3 is 5.73 Å². The fraction of sp³-hybridized carbons (Fsp3) is 0.118. The molecule has 0 spiro atoms. The fourth-order valence-electron chi connectivity index (χ4n) is 2.46. The molecule has 0 saturated heterocycles. The maximum absolute atomic E-state index is 6.38. The van der Waals surface area contributed by atoms with Gasteiger partial charge in [0, 0.05) is 22.6 Å². The first-order valence-electron chi connectivity index (χ1n) is 6.58. The van der Waals surface area contributed by atoms with Crippen LogP contribution in [0, 0.1) is 0 Å². The van der Waals surface area contributed by atoms with E-state index in [0.717, 1.165) is 27.1 Å². The molecule has 0 bridgehead atoms. The van der Waals surface area contributed by atoms with Gasteiger partial charge in [0.2, 0.25) is 0 Å². The Balaban J connectivity index is 1.97. The van der Waals surface area contributed by atoms with Gasteiger partial charge in [0.15, 0.2) is 0 Å². The lowest BCUT2D eigenvalue weighted by Crippen LogP contribution is -2.14. The number of fused-ring (bicyclic) bond motifs is 1. The zero-order valence-corrected chi connectivity index (χ0v) is 11.7. The van der Waals surface area contributed by atoms with E-state index >= 15 is 0 Å². The van der Waals surface area contributed by atoms with E-state index in [1.54, 1.807) is 6.20 Å². The van der Waals surface area contributed by atoms with Crippen molar-refractivity contribution >= 4 is 22.5 Å². The summed E-state index contributed by atoms with van der Waals surface area (Å²) in [7, 11) is 0. The number of benzene rings is 2. The first-order valence-corrected chi connectivity index (χ1v) is 6.96. The van der Waals surface area contributed by atoms with Gasteiger partial charge in [-0.2, -0.15) is 0 Å². The highest BCUT2D eigenvalue weighted by molar-refractivity contribution is 6.31.